The van der Waals surface area contributed by atoms with E-state index in [0.717, 1.165) is 17.5 Å². The third-order valence-corrected chi connectivity index (χ3v) is 4.71. The molecule has 0 aromatic carbocycles. The summed E-state index contributed by atoms with van der Waals surface area (Å²) in [5.41, 5.74) is 0.872. The topological polar surface area (TPSA) is 62.5 Å². The fraction of sp³-hybridized carbons (Fsp3) is 0.400. The monoisotopic (exact) mass is 338 g/mol. The highest BCUT2D eigenvalue weighted by atomic mass is 32.2. The van der Waals surface area contributed by atoms with E-state index in [1.165, 1.54) is 4.90 Å². The van der Waals surface area contributed by atoms with Crippen LogP contribution in [0.15, 0.2) is 23.2 Å². The first-order chi connectivity index (χ1) is 10.3. The van der Waals surface area contributed by atoms with Crippen molar-refractivity contribution in [1.82, 2.24) is 9.47 Å². The van der Waals surface area contributed by atoms with Gasteiger partial charge in [-0.1, -0.05) is 37.8 Å². The number of thiocarbonyl (C=S) groups is 1. The van der Waals surface area contributed by atoms with Gasteiger partial charge in [-0.05, 0) is 30.5 Å². The van der Waals surface area contributed by atoms with Gasteiger partial charge in [0.25, 0.3) is 5.91 Å². The highest BCUT2D eigenvalue weighted by Crippen LogP contribution is 2.35. The molecule has 1 atom stereocenters. The van der Waals surface area contributed by atoms with Crippen LogP contribution in [0.4, 0.5) is 0 Å². The van der Waals surface area contributed by atoms with Crippen LogP contribution in [0.1, 0.15) is 26.0 Å². The van der Waals surface area contributed by atoms with E-state index in [1.807, 2.05) is 43.8 Å². The first-order valence-electron chi connectivity index (χ1n) is 6.92. The molecule has 1 saturated heterocycles. The number of thioether (sulfide) groups is 1. The second-order valence-corrected chi connectivity index (χ2v) is 7.26. The van der Waals surface area contributed by atoms with Crippen LogP contribution in [0.25, 0.3) is 6.08 Å². The fourth-order valence-electron chi connectivity index (χ4n) is 2.27. The molecule has 0 radical (unpaired) electrons. The molecule has 22 heavy (non-hydrogen) atoms. The van der Waals surface area contributed by atoms with Gasteiger partial charge >= 0.3 is 5.97 Å². The molecular weight excluding hydrogens is 320 g/mol. The zero-order valence-electron chi connectivity index (χ0n) is 12.6. The van der Waals surface area contributed by atoms with Gasteiger partial charge in [-0.15, -0.1) is 0 Å². The summed E-state index contributed by atoms with van der Waals surface area (Å²) in [7, 11) is 1.88. The molecular formula is C15H18N2O3S2. The zero-order valence-corrected chi connectivity index (χ0v) is 14.3. The maximum absolute atomic E-state index is 12.6. The van der Waals surface area contributed by atoms with Crippen molar-refractivity contribution in [2.45, 2.75) is 26.3 Å². The molecule has 1 amide bonds. The molecule has 1 aromatic heterocycles. The Morgan fingerprint density at radius 2 is 2.18 bits per heavy atom. The SMILES string of the molecule is CC(C)CC(C(=O)O)N1C(=O)/C(=C\c2cccn2C)SC1=S. The first kappa shape index (κ1) is 16.8. The molecule has 2 heterocycles. The average molecular weight is 338 g/mol. The van der Waals surface area contributed by atoms with E-state index in [4.69, 9.17) is 12.2 Å². The lowest BCUT2D eigenvalue weighted by atomic mass is 10.0. The van der Waals surface area contributed by atoms with Crippen molar-refractivity contribution in [3.8, 4) is 0 Å². The van der Waals surface area contributed by atoms with Crippen molar-refractivity contribution in [3.63, 3.8) is 0 Å². The Morgan fingerprint density at radius 1 is 1.50 bits per heavy atom. The zero-order chi connectivity index (χ0) is 16.4. The second kappa shape index (κ2) is 6.66. The van der Waals surface area contributed by atoms with Gasteiger partial charge in [0.05, 0.1) is 4.91 Å². The van der Waals surface area contributed by atoms with Gasteiger partial charge in [-0.25, -0.2) is 4.79 Å². The first-order valence-corrected chi connectivity index (χ1v) is 8.15. The van der Waals surface area contributed by atoms with E-state index in [0.29, 0.717) is 15.6 Å². The van der Waals surface area contributed by atoms with Gasteiger partial charge in [0, 0.05) is 18.9 Å². The Hall–Kier alpha value is -1.60. The van der Waals surface area contributed by atoms with E-state index in [-0.39, 0.29) is 11.8 Å². The largest absolute Gasteiger partial charge is 0.480 e. The van der Waals surface area contributed by atoms with Crippen molar-refractivity contribution in [2.75, 3.05) is 0 Å². The second-order valence-electron chi connectivity index (χ2n) is 5.58. The Bertz CT molecular complexity index is 649. The summed E-state index contributed by atoms with van der Waals surface area (Å²) in [5, 5.41) is 9.42. The van der Waals surface area contributed by atoms with Gasteiger partial charge in [0.15, 0.2) is 0 Å². The van der Waals surface area contributed by atoms with Crippen LogP contribution in [0.2, 0.25) is 0 Å². The Balaban J connectivity index is 2.30. The van der Waals surface area contributed by atoms with Gasteiger partial charge < -0.3 is 9.67 Å². The van der Waals surface area contributed by atoms with E-state index >= 15 is 0 Å². The molecule has 1 aliphatic heterocycles. The predicted molar refractivity (Wildman–Crippen MR) is 91.3 cm³/mol. The molecule has 0 spiro atoms. The normalized spacial score (nSPS) is 18.5. The summed E-state index contributed by atoms with van der Waals surface area (Å²) in [6, 6.07) is 2.85. The van der Waals surface area contributed by atoms with Gasteiger partial charge in [-0.3, -0.25) is 9.69 Å². The Kier molecular flexibility index (Phi) is 5.08. The fourth-order valence-corrected chi connectivity index (χ4v) is 3.61. The number of amides is 1. The lowest BCUT2D eigenvalue weighted by Crippen LogP contribution is -2.44. The van der Waals surface area contributed by atoms with Crippen LogP contribution in [0.3, 0.4) is 0 Å². The van der Waals surface area contributed by atoms with Crippen LogP contribution in [-0.4, -0.2) is 36.8 Å². The summed E-state index contributed by atoms with van der Waals surface area (Å²) in [4.78, 5) is 25.8. The maximum Gasteiger partial charge on any atom is 0.326 e. The van der Waals surface area contributed by atoms with Crippen molar-refractivity contribution >= 4 is 46.3 Å². The third-order valence-electron chi connectivity index (χ3n) is 3.38. The molecule has 1 aromatic rings. The van der Waals surface area contributed by atoms with Crippen LogP contribution < -0.4 is 0 Å². The maximum atomic E-state index is 12.6. The number of carboxylic acid groups (broad SMARTS) is 1. The Labute approximate surface area is 139 Å². The molecule has 2 rings (SSSR count). The number of rotatable bonds is 5. The van der Waals surface area contributed by atoms with E-state index < -0.39 is 12.0 Å². The number of aliphatic carboxylic acids is 1. The van der Waals surface area contributed by atoms with Gasteiger partial charge in [0.2, 0.25) is 0 Å². The summed E-state index contributed by atoms with van der Waals surface area (Å²) < 4.78 is 2.19. The Morgan fingerprint density at radius 3 is 2.68 bits per heavy atom. The van der Waals surface area contributed by atoms with E-state index in [2.05, 4.69) is 0 Å². The summed E-state index contributed by atoms with van der Waals surface area (Å²) in [6.45, 7) is 3.85. The van der Waals surface area contributed by atoms with Crippen molar-refractivity contribution < 1.29 is 14.7 Å². The smallest absolute Gasteiger partial charge is 0.326 e. The van der Waals surface area contributed by atoms with Crippen molar-refractivity contribution in [3.05, 3.63) is 28.9 Å². The number of carbonyl (C=O) groups excluding carboxylic acids is 1. The highest BCUT2D eigenvalue weighted by molar-refractivity contribution is 8.26. The number of aromatic nitrogens is 1. The number of hydrogen-bond acceptors (Lipinski definition) is 4. The molecule has 1 aliphatic rings. The minimum Gasteiger partial charge on any atom is -0.480 e. The third kappa shape index (κ3) is 3.41. The number of carbonyl (C=O) groups is 2. The number of carboxylic acids is 1. The van der Waals surface area contributed by atoms with E-state index in [9.17, 15) is 14.7 Å². The number of nitrogens with zero attached hydrogens (tertiary/aromatic N) is 2. The summed E-state index contributed by atoms with van der Waals surface area (Å²) in [5.74, 6) is -1.20. The number of aryl methyl sites for hydroxylation is 1. The average Bonchev–Trinajstić information content (AvgIpc) is 2.93. The minimum atomic E-state index is -1.02. The van der Waals surface area contributed by atoms with Crippen LogP contribution >= 0.6 is 24.0 Å². The molecule has 1 unspecified atom stereocenters. The van der Waals surface area contributed by atoms with Gasteiger partial charge in [0.1, 0.15) is 10.4 Å². The molecule has 7 heteroatoms. The molecule has 1 fully saturated rings. The van der Waals surface area contributed by atoms with Gasteiger partial charge in [-0.2, -0.15) is 0 Å². The quantitative estimate of drug-likeness (QED) is 0.661. The van der Waals surface area contributed by atoms with Crippen LogP contribution in [0, 0.1) is 5.92 Å². The molecule has 1 N–H and O–H groups in total. The lowest BCUT2D eigenvalue weighted by molar-refractivity contribution is -0.145. The molecule has 0 aliphatic carbocycles. The highest BCUT2D eigenvalue weighted by Gasteiger charge is 2.40. The summed E-state index contributed by atoms with van der Waals surface area (Å²) in [6.07, 6.45) is 4.00. The molecule has 118 valence electrons. The van der Waals surface area contributed by atoms with E-state index in [1.54, 1.807) is 6.08 Å². The van der Waals surface area contributed by atoms with Crippen molar-refractivity contribution in [2.24, 2.45) is 13.0 Å². The predicted octanol–water partition coefficient (Wildman–Crippen LogP) is 2.73. The molecule has 5 nitrogen and oxygen atoms in total. The van der Waals surface area contributed by atoms with Crippen molar-refractivity contribution in [1.29, 1.82) is 0 Å². The number of hydrogen-bond donors (Lipinski definition) is 1. The summed E-state index contributed by atoms with van der Waals surface area (Å²) >= 11 is 6.38. The van der Waals surface area contributed by atoms with Crippen LogP contribution in [-0.2, 0) is 16.6 Å². The molecule has 0 bridgehead atoms. The molecule has 0 saturated carbocycles. The lowest BCUT2D eigenvalue weighted by Gasteiger charge is -2.24. The van der Waals surface area contributed by atoms with Crippen LogP contribution in [0.5, 0.6) is 0 Å². The standard InChI is InChI=1S/C15H18N2O3S2/c1-9(2)7-11(14(19)20)17-13(18)12(22-15(17)21)8-10-5-4-6-16(10)3/h4-6,8-9,11H,7H2,1-3H3,(H,19,20)/b12-8+. The minimum absolute atomic E-state index is 0.155.